The number of nitrogens with zero attached hydrogens (tertiary/aromatic N) is 2. The van der Waals surface area contributed by atoms with Gasteiger partial charge in [0.1, 0.15) is 0 Å². The number of benzene rings is 1. The zero-order valence-corrected chi connectivity index (χ0v) is 12.5. The number of aromatic nitrogens is 2. The molecule has 0 radical (unpaired) electrons. The van der Waals surface area contributed by atoms with Crippen LogP contribution in [0, 0.1) is 34.6 Å². The van der Waals surface area contributed by atoms with Crippen LogP contribution < -0.4 is 5.73 Å². The van der Waals surface area contributed by atoms with Gasteiger partial charge in [0, 0.05) is 5.69 Å². The molecule has 0 atom stereocenters. The van der Waals surface area contributed by atoms with Gasteiger partial charge in [-0.1, -0.05) is 17.7 Å². The van der Waals surface area contributed by atoms with Crippen LogP contribution in [-0.4, -0.2) is 16.3 Å². The summed E-state index contributed by atoms with van der Waals surface area (Å²) in [6.07, 6.45) is 0.890. The maximum absolute atomic E-state index is 5.69. The van der Waals surface area contributed by atoms with Gasteiger partial charge in [-0.05, 0) is 64.3 Å². The fraction of sp³-hybridized carbons (Fsp3) is 0.438. The second kappa shape index (κ2) is 5.17. The molecule has 0 amide bonds. The summed E-state index contributed by atoms with van der Waals surface area (Å²) in [7, 11) is 0. The Hall–Kier alpha value is -1.61. The molecule has 0 saturated carbocycles. The first-order valence-electron chi connectivity index (χ1n) is 6.79. The van der Waals surface area contributed by atoms with E-state index in [4.69, 9.17) is 10.8 Å². The predicted octanol–water partition coefficient (Wildman–Crippen LogP) is 2.92. The van der Waals surface area contributed by atoms with Gasteiger partial charge in [0.25, 0.3) is 0 Å². The third-order valence-corrected chi connectivity index (χ3v) is 3.68. The lowest BCUT2D eigenvalue weighted by molar-refractivity contribution is 0.818. The average molecular weight is 257 g/mol. The Balaban J connectivity index is 2.63. The van der Waals surface area contributed by atoms with Crippen LogP contribution in [0.25, 0.3) is 5.69 Å². The van der Waals surface area contributed by atoms with Crippen molar-refractivity contribution in [2.24, 2.45) is 5.73 Å². The highest BCUT2D eigenvalue weighted by molar-refractivity contribution is 5.50. The van der Waals surface area contributed by atoms with Crippen molar-refractivity contribution < 1.29 is 0 Å². The second-order valence-electron chi connectivity index (χ2n) is 5.35. The van der Waals surface area contributed by atoms with E-state index in [-0.39, 0.29) is 0 Å². The molecule has 0 aliphatic heterocycles. The van der Waals surface area contributed by atoms with Crippen LogP contribution in [0.4, 0.5) is 0 Å². The Bertz CT molecular complexity index is 586. The zero-order chi connectivity index (χ0) is 14.2. The van der Waals surface area contributed by atoms with E-state index >= 15 is 0 Å². The summed E-state index contributed by atoms with van der Waals surface area (Å²) < 4.78 is 2.07. The maximum atomic E-state index is 5.69. The minimum Gasteiger partial charge on any atom is -0.330 e. The average Bonchev–Trinajstić information content (AvgIpc) is 2.56. The topological polar surface area (TPSA) is 43.8 Å². The number of hydrogen-bond acceptors (Lipinski definition) is 2. The lowest BCUT2D eigenvalue weighted by Crippen LogP contribution is -2.07. The molecular weight excluding hydrogens is 234 g/mol. The Morgan fingerprint density at radius 2 is 1.63 bits per heavy atom. The molecule has 0 spiro atoms. The van der Waals surface area contributed by atoms with Gasteiger partial charge in [-0.25, -0.2) is 4.68 Å². The first-order chi connectivity index (χ1) is 8.95. The molecule has 1 aromatic carbocycles. The van der Waals surface area contributed by atoms with E-state index in [2.05, 4.69) is 51.4 Å². The van der Waals surface area contributed by atoms with Gasteiger partial charge in [-0.2, -0.15) is 5.10 Å². The normalized spacial score (nSPS) is 11.1. The van der Waals surface area contributed by atoms with Crippen LogP contribution >= 0.6 is 0 Å². The number of rotatable bonds is 3. The number of nitrogens with two attached hydrogens (primary N) is 1. The molecule has 3 nitrogen and oxygen atoms in total. The molecule has 2 aromatic rings. The van der Waals surface area contributed by atoms with Crippen LogP contribution in [0.3, 0.4) is 0 Å². The summed E-state index contributed by atoms with van der Waals surface area (Å²) in [5.41, 5.74) is 14.3. The summed E-state index contributed by atoms with van der Waals surface area (Å²) in [5, 5.41) is 4.71. The zero-order valence-electron chi connectivity index (χ0n) is 12.5. The SMILES string of the molecule is Cc1cc(C)c(-n2nc(C)c(CCN)c2C)c(C)c1. The molecule has 102 valence electrons. The largest absolute Gasteiger partial charge is 0.330 e. The van der Waals surface area contributed by atoms with Gasteiger partial charge in [0.2, 0.25) is 0 Å². The van der Waals surface area contributed by atoms with Crippen LogP contribution in [0.2, 0.25) is 0 Å². The minimum absolute atomic E-state index is 0.666. The number of hydrogen-bond donors (Lipinski definition) is 1. The first kappa shape index (κ1) is 13.8. The minimum atomic E-state index is 0.666. The summed E-state index contributed by atoms with van der Waals surface area (Å²) in [6, 6.07) is 4.42. The van der Waals surface area contributed by atoms with Crippen molar-refractivity contribution in [3.8, 4) is 5.69 Å². The molecular formula is C16H23N3. The van der Waals surface area contributed by atoms with E-state index in [1.807, 2.05) is 0 Å². The number of aryl methyl sites for hydroxylation is 4. The van der Waals surface area contributed by atoms with E-state index in [0.717, 1.165) is 12.1 Å². The highest BCUT2D eigenvalue weighted by Crippen LogP contribution is 2.24. The van der Waals surface area contributed by atoms with Gasteiger partial charge in [0.15, 0.2) is 0 Å². The van der Waals surface area contributed by atoms with Crippen molar-refractivity contribution in [3.63, 3.8) is 0 Å². The highest BCUT2D eigenvalue weighted by Gasteiger charge is 2.15. The third kappa shape index (κ3) is 2.43. The predicted molar refractivity (Wildman–Crippen MR) is 80.0 cm³/mol. The van der Waals surface area contributed by atoms with E-state index in [9.17, 15) is 0 Å². The van der Waals surface area contributed by atoms with Crippen LogP contribution in [0.5, 0.6) is 0 Å². The quantitative estimate of drug-likeness (QED) is 0.918. The lowest BCUT2D eigenvalue weighted by Gasteiger charge is -2.13. The van der Waals surface area contributed by atoms with Crippen molar-refractivity contribution in [3.05, 3.63) is 45.8 Å². The van der Waals surface area contributed by atoms with Crippen LogP contribution in [0.15, 0.2) is 12.1 Å². The van der Waals surface area contributed by atoms with E-state index < -0.39 is 0 Å². The molecule has 0 aliphatic carbocycles. The van der Waals surface area contributed by atoms with Gasteiger partial charge < -0.3 is 5.73 Å². The molecule has 19 heavy (non-hydrogen) atoms. The molecule has 3 heteroatoms. The molecule has 1 heterocycles. The standard InChI is InChI=1S/C16H23N3/c1-10-8-11(2)16(12(3)9-10)19-14(5)15(6-7-17)13(4)18-19/h8-9H,6-7,17H2,1-5H3. The van der Waals surface area contributed by atoms with Crippen molar-refractivity contribution in [1.29, 1.82) is 0 Å². The van der Waals surface area contributed by atoms with E-state index in [1.165, 1.54) is 33.6 Å². The fourth-order valence-corrected chi connectivity index (χ4v) is 2.91. The smallest absolute Gasteiger partial charge is 0.0707 e. The summed E-state index contributed by atoms with van der Waals surface area (Å²) >= 11 is 0. The lowest BCUT2D eigenvalue weighted by atomic mass is 10.0. The van der Waals surface area contributed by atoms with Gasteiger partial charge in [0.05, 0.1) is 11.4 Å². The van der Waals surface area contributed by atoms with E-state index in [0.29, 0.717) is 6.54 Å². The van der Waals surface area contributed by atoms with Crippen molar-refractivity contribution in [2.45, 2.75) is 41.0 Å². The summed E-state index contributed by atoms with van der Waals surface area (Å²) in [5.74, 6) is 0. The maximum Gasteiger partial charge on any atom is 0.0707 e. The van der Waals surface area contributed by atoms with Gasteiger partial charge >= 0.3 is 0 Å². The molecule has 1 aromatic heterocycles. The molecule has 0 aliphatic rings. The molecule has 0 saturated heterocycles. The van der Waals surface area contributed by atoms with Crippen molar-refractivity contribution >= 4 is 0 Å². The van der Waals surface area contributed by atoms with Crippen LogP contribution in [0.1, 0.15) is 33.6 Å². The fourth-order valence-electron chi connectivity index (χ4n) is 2.91. The Labute approximate surface area is 115 Å². The van der Waals surface area contributed by atoms with Crippen LogP contribution in [-0.2, 0) is 6.42 Å². The molecule has 0 bridgehead atoms. The first-order valence-corrected chi connectivity index (χ1v) is 6.79. The Morgan fingerprint density at radius 3 is 2.16 bits per heavy atom. The summed E-state index contributed by atoms with van der Waals surface area (Å²) in [6.45, 7) is 11.3. The monoisotopic (exact) mass is 257 g/mol. The van der Waals surface area contributed by atoms with Gasteiger partial charge in [-0.3, -0.25) is 0 Å². The summed E-state index contributed by atoms with van der Waals surface area (Å²) in [4.78, 5) is 0. The second-order valence-corrected chi connectivity index (χ2v) is 5.35. The molecule has 0 fully saturated rings. The van der Waals surface area contributed by atoms with Gasteiger partial charge in [-0.15, -0.1) is 0 Å². The molecule has 2 rings (SSSR count). The Morgan fingerprint density at radius 1 is 1.05 bits per heavy atom. The van der Waals surface area contributed by atoms with Crippen molar-refractivity contribution in [2.75, 3.05) is 6.54 Å². The van der Waals surface area contributed by atoms with Crippen molar-refractivity contribution in [1.82, 2.24) is 9.78 Å². The molecule has 0 unspecified atom stereocenters. The highest BCUT2D eigenvalue weighted by atomic mass is 15.3. The molecule has 2 N–H and O–H groups in total. The van der Waals surface area contributed by atoms with E-state index in [1.54, 1.807) is 0 Å². The Kier molecular flexibility index (Phi) is 3.76. The third-order valence-electron chi connectivity index (χ3n) is 3.68.